The van der Waals surface area contributed by atoms with Crippen LogP contribution in [0.1, 0.15) is 26.7 Å². The molecule has 2 aromatic rings. The number of carbonyl (C=O) groups is 2. The van der Waals surface area contributed by atoms with Crippen molar-refractivity contribution in [2.24, 2.45) is 11.1 Å². The third kappa shape index (κ3) is 4.37. The number of anilines is 1. The summed E-state index contributed by atoms with van der Waals surface area (Å²) in [6, 6.07) is 7.70. The van der Waals surface area contributed by atoms with Gasteiger partial charge in [0.1, 0.15) is 6.54 Å². The molecule has 7 heteroatoms. The van der Waals surface area contributed by atoms with Gasteiger partial charge in [-0.3, -0.25) is 9.59 Å². The van der Waals surface area contributed by atoms with E-state index in [0.717, 1.165) is 16.6 Å². The summed E-state index contributed by atoms with van der Waals surface area (Å²) in [6.07, 6.45) is 3.28. The Hall–Kier alpha value is -2.05. The maximum atomic E-state index is 12.7. The van der Waals surface area contributed by atoms with Crippen molar-refractivity contribution < 1.29 is 9.59 Å². The average molecular weight is 381 g/mol. The fourth-order valence-corrected chi connectivity index (χ4v) is 2.90. The van der Waals surface area contributed by atoms with Gasteiger partial charge in [-0.15, -0.1) is 12.4 Å². The molecule has 0 spiro atoms. The van der Waals surface area contributed by atoms with Crippen molar-refractivity contribution in [3.8, 4) is 0 Å². The number of nitrogens with zero attached hydrogens (tertiary/aromatic N) is 2. The number of nitrogens with two attached hydrogens (primary N) is 1. The lowest BCUT2D eigenvalue weighted by molar-refractivity contribution is -0.129. The van der Waals surface area contributed by atoms with E-state index in [1.165, 1.54) is 0 Å². The van der Waals surface area contributed by atoms with E-state index < -0.39 is 5.41 Å². The van der Waals surface area contributed by atoms with E-state index in [-0.39, 0.29) is 30.8 Å². The van der Waals surface area contributed by atoms with Crippen LogP contribution in [-0.4, -0.2) is 41.9 Å². The molecule has 3 N–H and O–H groups in total. The zero-order chi connectivity index (χ0) is 18.6. The number of carbonyl (C=O) groups excluding carboxylic acids is 2. The van der Waals surface area contributed by atoms with Crippen molar-refractivity contribution in [3.05, 3.63) is 30.5 Å². The third-order valence-corrected chi connectivity index (χ3v) is 5.06. The first kappa shape index (κ1) is 22.0. The van der Waals surface area contributed by atoms with E-state index >= 15 is 0 Å². The number of benzene rings is 1. The zero-order valence-corrected chi connectivity index (χ0v) is 16.7. The number of rotatable bonds is 7. The van der Waals surface area contributed by atoms with Crippen LogP contribution in [0.15, 0.2) is 30.5 Å². The van der Waals surface area contributed by atoms with Gasteiger partial charge in [-0.2, -0.15) is 0 Å². The molecule has 0 unspecified atom stereocenters. The lowest BCUT2D eigenvalue weighted by Crippen LogP contribution is -2.41. The van der Waals surface area contributed by atoms with Crippen molar-refractivity contribution in [2.75, 3.05) is 26.0 Å². The predicted molar refractivity (Wildman–Crippen MR) is 109 cm³/mol. The highest BCUT2D eigenvalue weighted by molar-refractivity contribution is 5.97. The molecule has 0 saturated heterocycles. The van der Waals surface area contributed by atoms with E-state index in [0.29, 0.717) is 19.4 Å². The molecule has 1 heterocycles. The van der Waals surface area contributed by atoms with E-state index in [1.54, 1.807) is 19.0 Å². The van der Waals surface area contributed by atoms with Gasteiger partial charge in [-0.25, -0.2) is 0 Å². The number of hydrogen-bond acceptors (Lipinski definition) is 3. The molecule has 0 aliphatic carbocycles. The Labute approximate surface area is 161 Å². The lowest BCUT2D eigenvalue weighted by Gasteiger charge is -2.28. The Morgan fingerprint density at radius 1 is 1.19 bits per heavy atom. The van der Waals surface area contributed by atoms with Gasteiger partial charge in [0.15, 0.2) is 0 Å². The molecule has 144 valence electrons. The van der Waals surface area contributed by atoms with Crippen LogP contribution in [0.4, 0.5) is 5.69 Å². The molecule has 0 atom stereocenters. The Balaban J connectivity index is 0.00000338. The molecular formula is C19H29ClN4O2. The molecule has 0 radical (unpaired) electrons. The molecule has 0 aliphatic heterocycles. The number of fused-ring (bicyclic) bond motifs is 1. The van der Waals surface area contributed by atoms with Gasteiger partial charge in [0.25, 0.3) is 0 Å². The molecule has 0 aliphatic rings. The first-order valence-electron chi connectivity index (χ1n) is 8.67. The third-order valence-electron chi connectivity index (χ3n) is 5.06. The number of likely N-dealkylation sites (N-methyl/N-ethyl adjacent to an activating group) is 1. The van der Waals surface area contributed by atoms with Gasteiger partial charge in [-0.05, 0) is 36.4 Å². The monoisotopic (exact) mass is 380 g/mol. The molecule has 0 bridgehead atoms. The Bertz CT molecular complexity index is 758. The van der Waals surface area contributed by atoms with E-state index in [1.807, 2.05) is 48.9 Å². The molecule has 0 fully saturated rings. The SMILES string of the molecule is CCC(CC)(CN)C(=O)Nc1ccc2ccn(CC(=O)N(C)C)c2c1.Cl. The molecule has 26 heavy (non-hydrogen) atoms. The number of halogens is 1. The van der Waals surface area contributed by atoms with Crippen LogP contribution in [0.2, 0.25) is 0 Å². The minimum atomic E-state index is -0.544. The summed E-state index contributed by atoms with van der Waals surface area (Å²) in [5, 5.41) is 4.02. The second kappa shape index (κ2) is 9.05. The number of amides is 2. The van der Waals surface area contributed by atoms with Crippen LogP contribution >= 0.6 is 12.4 Å². The fraction of sp³-hybridized carbons (Fsp3) is 0.474. The average Bonchev–Trinajstić information content (AvgIpc) is 2.99. The zero-order valence-electron chi connectivity index (χ0n) is 15.9. The normalized spacial score (nSPS) is 11.1. The van der Waals surface area contributed by atoms with E-state index in [2.05, 4.69) is 5.32 Å². The Morgan fingerprint density at radius 3 is 2.38 bits per heavy atom. The van der Waals surface area contributed by atoms with Gasteiger partial charge in [0.05, 0.1) is 10.9 Å². The summed E-state index contributed by atoms with van der Waals surface area (Å²) in [4.78, 5) is 26.2. The lowest BCUT2D eigenvalue weighted by atomic mass is 9.81. The smallest absolute Gasteiger partial charge is 0.241 e. The molecule has 0 saturated carbocycles. The first-order chi connectivity index (χ1) is 11.9. The van der Waals surface area contributed by atoms with Crippen LogP contribution in [0.3, 0.4) is 0 Å². The van der Waals surface area contributed by atoms with Crippen molar-refractivity contribution in [1.29, 1.82) is 0 Å². The summed E-state index contributed by atoms with van der Waals surface area (Å²) in [5.74, 6) is -0.0344. The second-order valence-corrected chi connectivity index (χ2v) is 6.65. The van der Waals surface area contributed by atoms with E-state index in [9.17, 15) is 9.59 Å². The summed E-state index contributed by atoms with van der Waals surface area (Å²) >= 11 is 0. The van der Waals surface area contributed by atoms with Crippen molar-refractivity contribution in [1.82, 2.24) is 9.47 Å². The summed E-state index contributed by atoms with van der Waals surface area (Å²) in [6.45, 7) is 4.56. The maximum absolute atomic E-state index is 12.7. The Kier molecular flexibility index (Phi) is 7.66. The molecule has 1 aromatic carbocycles. The minimum absolute atomic E-state index is 0. The van der Waals surface area contributed by atoms with E-state index in [4.69, 9.17) is 5.73 Å². The van der Waals surface area contributed by atoms with Gasteiger partial charge >= 0.3 is 0 Å². The summed E-state index contributed by atoms with van der Waals surface area (Å²) < 4.78 is 1.89. The van der Waals surface area contributed by atoms with Gasteiger partial charge in [-0.1, -0.05) is 19.9 Å². The van der Waals surface area contributed by atoms with Crippen molar-refractivity contribution in [2.45, 2.75) is 33.2 Å². The van der Waals surface area contributed by atoms with Crippen LogP contribution in [0, 0.1) is 5.41 Å². The Morgan fingerprint density at radius 2 is 1.85 bits per heavy atom. The highest BCUT2D eigenvalue weighted by atomic mass is 35.5. The van der Waals surface area contributed by atoms with Gasteiger partial charge < -0.3 is 20.5 Å². The highest BCUT2D eigenvalue weighted by Crippen LogP contribution is 2.28. The highest BCUT2D eigenvalue weighted by Gasteiger charge is 2.33. The number of aromatic nitrogens is 1. The maximum Gasteiger partial charge on any atom is 0.241 e. The molecule has 1 aromatic heterocycles. The quantitative estimate of drug-likeness (QED) is 0.775. The minimum Gasteiger partial charge on any atom is -0.347 e. The first-order valence-corrected chi connectivity index (χ1v) is 8.67. The molecule has 2 rings (SSSR count). The van der Waals surface area contributed by atoms with Crippen LogP contribution in [0.5, 0.6) is 0 Å². The van der Waals surface area contributed by atoms with Gasteiger partial charge in [0, 0.05) is 32.5 Å². The number of nitrogens with one attached hydrogen (secondary N) is 1. The van der Waals surface area contributed by atoms with Crippen molar-refractivity contribution >= 4 is 40.8 Å². The number of hydrogen-bond donors (Lipinski definition) is 2. The van der Waals surface area contributed by atoms with Crippen LogP contribution < -0.4 is 11.1 Å². The fourth-order valence-electron chi connectivity index (χ4n) is 2.90. The molecule has 2 amide bonds. The standard InChI is InChI=1S/C19H28N4O2.ClH/c1-5-19(6-2,13-20)18(25)21-15-8-7-14-9-10-23(16(14)11-15)12-17(24)22(3)4;/h7-11H,5-6,12-13,20H2,1-4H3,(H,21,25);1H. The second-order valence-electron chi connectivity index (χ2n) is 6.65. The predicted octanol–water partition coefficient (Wildman–Crippen LogP) is 2.85. The molecule has 6 nitrogen and oxygen atoms in total. The topological polar surface area (TPSA) is 80.4 Å². The molecular weight excluding hydrogens is 352 g/mol. The largest absolute Gasteiger partial charge is 0.347 e. The summed E-state index contributed by atoms with van der Waals surface area (Å²) in [7, 11) is 3.48. The van der Waals surface area contributed by atoms with Crippen LogP contribution in [-0.2, 0) is 16.1 Å². The summed E-state index contributed by atoms with van der Waals surface area (Å²) in [5.41, 5.74) is 6.95. The van der Waals surface area contributed by atoms with Crippen molar-refractivity contribution in [3.63, 3.8) is 0 Å². The van der Waals surface area contributed by atoms with Crippen LogP contribution in [0.25, 0.3) is 10.9 Å². The van der Waals surface area contributed by atoms with Gasteiger partial charge in [0.2, 0.25) is 11.8 Å².